The molecule has 0 aliphatic carbocycles. The minimum absolute atomic E-state index is 0.215. The number of thioether (sulfide) groups is 1. The molecule has 3 atom stereocenters. The Balaban J connectivity index is 1.67. The quantitative estimate of drug-likeness (QED) is 0.279. The highest BCUT2D eigenvalue weighted by Gasteiger charge is 2.42. The molecule has 0 saturated carbocycles. The highest BCUT2D eigenvalue weighted by atomic mass is 35.5. The molecule has 3 aromatic rings. The van der Waals surface area contributed by atoms with Gasteiger partial charge in [0.1, 0.15) is 5.75 Å². The highest BCUT2D eigenvalue weighted by Crippen LogP contribution is 2.43. The number of aliphatic hydroxyl groups is 1. The van der Waals surface area contributed by atoms with Crippen LogP contribution >= 0.6 is 23.4 Å². The number of hydrogen-bond acceptors (Lipinski definition) is 6. The molecule has 0 aromatic heterocycles. The van der Waals surface area contributed by atoms with Crippen molar-refractivity contribution in [3.8, 4) is 11.5 Å². The monoisotopic (exact) mass is 583 g/mol. The number of hydrogen-bond donors (Lipinski definition) is 2. The Morgan fingerprint density at radius 2 is 1.68 bits per heavy atom. The van der Waals surface area contributed by atoms with Crippen LogP contribution in [0, 0.1) is 19.8 Å². The second-order valence-electron chi connectivity index (χ2n) is 10.6. The topological polar surface area (TPSA) is 96.3 Å². The zero-order valence-electron chi connectivity index (χ0n) is 23.2. The summed E-state index contributed by atoms with van der Waals surface area (Å²) < 4.78 is 11.5. The molecule has 1 amide bonds. The first-order valence-corrected chi connectivity index (χ1v) is 14.6. The van der Waals surface area contributed by atoms with Crippen LogP contribution in [0.2, 0.25) is 5.02 Å². The van der Waals surface area contributed by atoms with Crippen molar-refractivity contribution in [3.05, 3.63) is 87.9 Å². The molecule has 9 heteroatoms. The molecule has 1 aliphatic heterocycles. The average Bonchev–Trinajstić information content (AvgIpc) is 3.37. The molecule has 1 aliphatic rings. The fourth-order valence-corrected chi connectivity index (χ4v) is 5.63. The maximum absolute atomic E-state index is 13.2. The normalized spacial score (nSPS) is 17.9. The average molecular weight is 584 g/mol. The fraction of sp³-hybridized carbons (Fsp3) is 0.355. The van der Waals surface area contributed by atoms with Crippen molar-refractivity contribution in [2.75, 3.05) is 19.3 Å². The number of carbonyl (C=O) groups is 2. The van der Waals surface area contributed by atoms with Crippen LogP contribution in [-0.2, 0) is 4.79 Å². The maximum atomic E-state index is 13.2. The van der Waals surface area contributed by atoms with Gasteiger partial charge in [-0.15, -0.1) is 11.8 Å². The lowest BCUT2D eigenvalue weighted by molar-refractivity contribution is -0.152. The molecule has 3 aromatic carbocycles. The first-order valence-electron chi connectivity index (χ1n) is 13.0. The number of nitrogens with zero attached hydrogens (tertiary/aromatic N) is 1. The van der Waals surface area contributed by atoms with Crippen LogP contribution < -0.4 is 9.47 Å². The van der Waals surface area contributed by atoms with Crippen LogP contribution in [0.1, 0.15) is 48.1 Å². The SMILES string of the molecule is CSc1ccc(C(O)C2CN(C(=O)Oc3ccccc3Cl)CC2c2cc(C)c(OC(C)(C)C(=O)O)c(C)c2)cc1. The maximum Gasteiger partial charge on any atom is 0.415 e. The molecule has 40 heavy (non-hydrogen) atoms. The van der Waals surface area contributed by atoms with Crippen LogP contribution in [0.25, 0.3) is 0 Å². The van der Waals surface area contributed by atoms with Crippen LogP contribution in [0.5, 0.6) is 11.5 Å². The molecular weight excluding hydrogens is 550 g/mol. The van der Waals surface area contributed by atoms with Gasteiger partial charge in [-0.05, 0) is 80.5 Å². The first kappa shape index (κ1) is 29.8. The van der Waals surface area contributed by atoms with E-state index in [1.807, 2.05) is 56.5 Å². The Bertz CT molecular complexity index is 1370. The van der Waals surface area contributed by atoms with E-state index in [4.69, 9.17) is 21.1 Å². The van der Waals surface area contributed by atoms with Crippen molar-refractivity contribution in [2.24, 2.45) is 5.92 Å². The van der Waals surface area contributed by atoms with Crippen molar-refractivity contribution >= 4 is 35.4 Å². The predicted octanol–water partition coefficient (Wildman–Crippen LogP) is 6.87. The number of likely N-dealkylation sites (tertiary alicyclic amines) is 1. The minimum atomic E-state index is -1.40. The molecular formula is C31H34ClNO6S. The van der Waals surface area contributed by atoms with E-state index in [1.165, 1.54) is 13.8 Å². The van der Waals surface area contributed by atoms with Gasteiger partial charge in [0.05, 0.1) is 11.1 Å². The molecule has 7 nitrogen and oxygen atoms in total. The lowest BCUT2D eigenvalue weighted by atomic mass is 9.82. The Morgan fingerprint density at radius 1 is 1.05 bits per heavy atom. The first-order chi connectivity index (χ1) is 18.9. The highest BCUT2D eigenvalue weighted by molar-refractivity contribution is 7.98. The predicted molar refractivity (Wildman–Crippen MR) is 157 cm³/mol. The smallest absolute Gasteiger partial charge is 0.415 e. The number of aryl methyl sites for hydroxylation is 2. The van der Waals surface area contributed by atoms with Gasteiger partial charge < -0.3 is 24.6 Å². The molecule has 1 heterocycles. The minimum Gasteiger partial charge on any atom is -0.478 e. The van der Waals surface area contributed by atoms with Crippen molar-refractivity contribution in [2.45, 2.75) is 50.2 Å². The van der Waals surface area contributed by atoms with Gasteiger partial charge in [-0.2, -0.15) is 0 Å². The Hall–Kier alpha value is -3.20. The molecule has 0 bridgehead atoms. The van der Waals surface area contributed by atoms with Gasteiger partial charge >= 0.3 is 12.1 Å². The summed E-state index contributed by atoms with van der Waals surface area (Å²) in [4.78, 5) is 27.6. The van der Waals surface area contributed by atoms with E-state index in [0.29, 0.717) is 17.3 Å². The number of amides is 1. The van der Waals surface area contributed by atoms with Crippen molar-refractivity contribution in [3.63, 3.8) is 0 Å². The fourth-order valence-electron chi connectivity index (χ4n) is 5.04. The molecule has 0 spiro atoms. The number of benzene rings is 3. The third-order valence-corrected chi connectivity index (χ3v) is 8.36. The van der Waals surface area contributed by atoms with Gasteiger partial charge in [-0.1, -0.05) is 48.0 Å². The van der Waals surface area contributed by atoms with Crippen molar-refractivity contribution in [1.82, 2.24) is 4.90 Å². The number of carbonyl (C=O) groups excluding carboxylic acids is 1. The van der Waals surface area contributed by atoms with E-state index < -0.39 is 23.8 Å². The van der Waals surface area contributed by atoms with Crippen LogP contribution in [0.4, 0.5) is 4.79 Å². The van der Waals surface area contributed by atoms with E-state index in [-0.39, 0.29) is 24.1 Å². The third kappa shape index (κ3) is 6.40. The summed E-state index contributed by atoms with van der Waals surface area (Å²) in [6.07, 6.45) is 0.625. The van der Waals surface area contributed by atoms with E-state index >= 15 is 0 Å². The summed E-state index contributed by atoms with van der Waals surface area (Å²) in [6.45, 7) is 7.37. The summed E-state index contributed by atoms with van der Waals surface area (Å²) in [5.41, 5.74) is 1.85. The number of para-hydroxylation sites is 1. The van der Waals surface area contributed by atoms with Gasteiger partial charge in [0.15, 0.2) is 11.4 Å². The second kappa shape index (κ2) is 12.1. The molecule has 1 fully saturated rings. The number of halogens is 1. The van der Waals surface area contributed by atoms with Crippen LogP contribution in [-0.4, -0.2) is 52.1 Å². The molecule has 4 rings (SSSR count). The standard InChI is InChI=1S/C31H34ClNO6S/c1-18-14-21(15-19(2)28(18)39-31(3,4)29(35)36)23-16-33(30(37)38-26-9-7-6-8-25(26)32)17-24(23)27(34)20-10-12-22(40-5)13-11-20/h6-15,23-24,27,34H,16-17H2,1-5H3,(H,35,36). The van der Waals surface area contributed by atoms with E-state index in [2.05, 4.69) is 0 Å². The lowest BCUT2D eigenvalue weighted by Gasteiger charge is -2.27. The number of carboxylic acids is 1. The van der Waals surface area contributed by atoms with Gasteiger partial charge in [0.2, 0.25) is 0 Å². The van der Waals surface area contributed by atoms with E-state index in [0.717, 1.165) is 27.1 Å². The number of rotatable bonds is 8. The van der Waals surface area contributed by atoms with E-state index in [1.54, 1.807) is 40.9 Å². The largest absolute Gasteiger partial charge is 0.478 e. The van der Waals surface area contributed by atoms with Crippen LogP contribution in [0.3, 0.4) is 0 Å². The zero-order chi connectivity index (χ0) is 29.2. The summed E-state index contributed by atoms with van der Waals surface area (Å²) in [7, 11) is 0. The molecule has 212 valence electrons. The van der Waals surface area contributed by atoms with Gasteiger partial charge in [-0.3, -0.25) is 0 Å². The van der Waals surface area contributed by atoms with E-state index in [9.17, 15) is 19.8 Å². The lowest BCUT2D eigenvalue weighted by Crippen LogP contribution is -2.38. The summed E-state index contributed by atoms with van der Waals surface area (Å²) >= 11 is 7.84. The number of ether oxygens (including phenoxy) is 2. The second-order valence-corrected chi connectivity index (χ2v) is 11.9. The number of carboxylic acid groups (broad SMARTS) is 1. The van der Waals surface area contributed by atoms with Gasteiger partial charge in [0, 0.05) is 29.8 Å². The Labute approximate surface area is 244 Å². The summed E-state index contributed by atoms with van der Waals surface area (Å²) in [5, 5.41) is 21.4. The van der Waals surface area contributed by atoms with Gasteiger partial charge in [-0.25, -0.2) is 9.59 Å². The van der Waals surface area contributed by atoms with Crippen molar-refractivity contribution < 1.29 is 29.3 Å². The molecule has 3 unspecified atom stereocenters. The Morgan fingerprint density at radius 3 is 2.25 bits per heavy atom. The molecule has 0 radical (unpaired) electrons. The van der Waals surface area contributed by atoms with Crippen molar-refractivity contribution in [1.29, 1.82) is 0 Å². The molecule has 2 N–H and O–H groups in total. The molecule has 1 saturated heterocycles. The Kier molecular flexibility index (Phi) is 9.02. The zero-order valence-corrected chi connectivity index (χ0v) is 24.8. The van der Waals surface area contributed by atoms with Crippen LogP contribution in [0.15, 0.2) is 65.6 Å². The number of aliphatic carboxylic acids is 1. The summed E-state index contributed by atoms with van der Waals surface area (Å²) in [5.74, 6) is -0.812. The number of aliphatic hydroxyl groups excluding tert-OH is 1. The van der Waals surface area contributed by atoms with Gasteiger partial charge in [0.25, 0.3) is 0 Å². The third-order valence-electron chi connectivity index (χ3n) is 7.30. The summed E-state index contributed by atoms with van der Waals surface area (Å²) in [6, 6.07) is 18.5.